The molecule has 0 saturated carbocycles. The fourth-order valence-electron chi connectivity index (χ4n) is 2.18. The van der Waals surface area contributed by atoms with E-state index in [1.807, 2.05) is 6.07 Å². The van der Waals surface area contributed by atoms with E-state index < -0.39 is 5.82 Å². The lowest BCUT2D eigenvalue weighted by molar-refractivity contribution is -0.0191. The largest absolute Gasteiger partial charge is 0.381 e. The van der Waals surface area contributed by atoms with Crippen LogP contribution in [0.5, 0.6) is 0 Å². The minimum absolute atomic E-state index is 0.102. The Morgan fingerprint density at radius 1 is 1.58 bits per heavy atom. The van der Waals surface area contributed by atoms with E-state index in [2.05, 4.69) is 17.1 Å². The van der Waals surface area contributed by atoms with Crippen molar-refractivity contribution in [1.82, 2.24) is 4.90 Å². The summed E-state index contributed by atoms with van der Waals surface area (Å²) in [7, 11) is 0. The van der Waals surface area contributed by atoms with Crippen LogP contribution in [0, 0.1) is 17.1 Å². The molecule has 19 heavy (non-hydrogen) atoms. The van der Waals surface area contributed by atoms with Gasteiger partial charge in [-0.05, 0) is 24.7 Å². The maximum Gasteiger partial charge on any atom is 0.124 e. The molecule has 2 rings (SSSR count). The Kier molecular flexibility index (Phi) is 4.72. The van der Waals surface area contributed by atoms with Crippen molar-refractivity contribution < 1.29 is 9.13 Å². The molecule has 0 spiro atoms. The first kappa shape index (κ1) is 13.8. The van der Waals surface area contributed by atoms with Gasteiger partial charge in [0.15, 0.2) is 0 Å². The number of nitriles is 1. The van der Waals surface area contributed by atoms with E-state index in [0.29, 0.717) is 17.8 Å². The van der Waals surface area contributed by atoms with Crippen molar-refractivity contribution in [1.29, 1.82) is 5.26 Å². The van der Waals surface area contributed by atoms with Crippen molar-refractivity contribution in [3.63, 3.8) is 0 Å². The van der Waals surface area contributed by atoms with Crippen LogP contribution in [0.2, 0.25) is 0 Å². The lowest BCUT2D eigenvalue weighted by atomic mass is 10.2. The van der Waals surface area contributed by atoms with Gasteiger partial charge in [0.05, 0.1) is 24.0 Å². The van der Waals surface area contributed by atoms with Gasteiger partial charge in [-0.1, -0.05) is 6.92 Å². The molecule has 1 heterocycles. The average Bonchev–Trinajstić information content (AvgIpc) is 2.46. The summed E-state index contributed by atoms with van der Waals surface area (Å²) in [6, 6.07) is 6.17. The van der Waals surface area contributed by atoms with E-state index >= 15 is 0 Å². The predicted molar refractivity (Wildman–Crippen MR) is 71.5 cm³/mol. The second kappa shape index (κ2) is 6.50. The van der Waals surface area contributed by atoms with Gasteiger partial charge in [0.25, 0.3) is 0 Å². The number of ether oxygens (including phenoxy) is 1. The van der Waals surface area contributed by atoms with Crippen molar-refractivity contribution in [2.75, 3.05) is 38.1 Å². The number of benzene rings is 1. The Bertz CT molecular complexity index is 472. The van der Waals surface area contributed by atoms with E-state index in [-0.39, 0.29) is 6.10 Å². The molecule has 1 aromatic rings. The molecule has 1 aliphatic rings. The molecule has 0 radical (unpaired) electrons. The third kappa shape index (κ3) is 3.66. The van der Waals surface area contributed by atoms with Crippen LogP contribution in [0.4, 0.5) is 10.1 Å². The lowest BCUT2D eigenvalue weighted by Crippen LogP contribution is -2.45. The molecule has 102 valence electrons. The van der Waals surface area contributed by atoms with Gasteiger partial charge in [-0.2, -0.15) is 5.26 Å². The van der Waals surface area contributed by atoms with Crippen LogP contribution in [0.3, 0.4) is 0 Å². The summed E-state index contributed by atoms with van der Waals surface area (Å²) in [5.41, 5.74) is 0.976. The minimum Gasteiger partial charge on any atom is -0.381 e. The second-order valence-corrected chi connectivity index (χ2v) is 4.57. The minimum atomic E-state index is -0.395. The van der Waals surface area contributed by atoms with Gasteiger partial charge < -0.3 is 10.1 Å². The Morgan fingerprint density at radius 3 is 3.16 bits per heavy atom. The number of nitrogens with one attached hydrogen (secondary N) is 1. The summed E-state index contributed by atoms with van der Waals surface area (Å²) in [5, 5.41) is 12.1. The van der Waals surface area contributed by atoms with Gasteiger partial charge in [-0.3, -0.25) is 4.90 Å². The molecule has 1 aliphatic heterocycles. The number of likely N-dealkylation sites (N-methyl/N-ethyl adjacent to an activating group) is 1. The molecule has 1 fully saturated rings. The van der Waals surface area contributed by atoms with E-state index in [1.54, 1.807) is 6.07 Å². The summed E-state index contributed by atoms with van der Waals surface area (Å²) in [4.78, 5) is 2.33. The summed E-state index contributed by atoms with van der Waals surface area (Å²) in [5.74, 6) is -0.395. The van der Waals surface area contributed by atoms with E-state index in [1.165, 1.54) is 12.1 Å². The SMILES string of the molecule is CCN1CCOC(CNc2ccc(F)cc2C#N)C1. The van der Waals surface area contributed by atoms with Crippen LogP contribution in [0.25, 0.3) is 0 Å². The van der Waals surface area contributed by atoms with Gasteiger partial charge in [-0.15, -0.1) is 0 Å². The smallest absolute Gasteiger partial charge is 0.124 e. The predicted octanol–water partition coefficient (Wildman–Crippen LogP) is 1.83. The van der Waals surface area contributed by atoms with E-state index in [0.717, 1.165) is 26.2 Å². The number of halogens is 1. The maximum absolute atomic E-state index is 13.0. The zero-order valence-corrected chi connectivity index (χ0v) is 11.0. The fourth-order valence-corrected chi connectivity index (χ4v) is 2.18. The number of rotatable bonds is 4. The molecular weight excluding hydrogens is 245 g/mol. The first-order chi connectivity index (χ1) is 9.22. The van der Waals surface area contributed by atoms with Crippen LogP contribution in [0.15, 0.2) is 18.2 Å². The maximum atomic E-state index is 13.0. The summed E-state index contributed by atoms with van der Waals surface area (Å²) < 4.78 is 18.7. The third-order valence-corrected chi connectivity index (χ3v) is 3.29. The molecular formula is C14H18FN3O. The highest BCUT2D eigenvalue weighted by Gasteiger charge is 2.19. The lowest BCUT2D eigenvalue weighted by Gasteiger charge is -2.32. The molecule has 5 heteroatoms. The molecule has 0 aromatic heterocycles. The summed E-state index contributed by atoms with van der Waals surface area (Å²) >= 11 is 0. The van der Waals surface area contributed by atoms with Crippen LogP contribution in [-0.4, -0.2) is 43.8 Å². The van der Waals surface area contributed by atoms with Crippen LogP contribution >= 0.6 is 0 Å². The van der Waals surface area contributed by atoms with Crippen molar-refractivity contribution in [2.45, 2.75) is 13.0 Å². The zero-order valence-electron chi connectivity index (χ0n) is 11.0. The Balaban J connectivity index is 1.93. The van der Waals surface area contributed by atoms with E-state index in [9.17, 15) is 4.39 Å². The number of hydrogen-bond donors (Lipinski definition) is 1. The Morgan fingerprint density at radius 2 is 2.42 bits per heavy atom. The first-order valence-corrected chi connectivity index (χ1v) is 6.50. The van der Waals surface area contributed by atoms with Crippen molar-refractivity contribution in [3.8, 4) is 6.07 Å². The molecule has 1 unspecified atom stereocenters. The quantitative estimate of drug-likeness (QED) is 0.900. The fraction of sp³-hybridized carbons (Fsp3) is 0.500. The number of nitrogens with zero attached hydrogens (tertiary/aromatic N) is 2. The van der Waals surface area contributed by atoms with Crippen molar-refractivity contribution in [3.05, 3.63) is 29.6 Å². The van der Waals surface area contributed by atoms with Gasteiger partial charge in [0.2, 0.25) is 0 Å². The molecule has 1 saturated heterocycles. The molecule has 0 bridgehead atoms. The summed E-state index contributed by atoms with van der Waals surface area (Å²) in [6.45, 7) is 6.34. The van der Waals surface area contributed by atoms with Crippen molar-refractivity contribution >= 4 is 5.69 Å². The highest BCUT2D eigenvalue weighted by atomic mass is 19.1. The average molecular weight is 263 g/mol. The molecule has 0 amide bonds. The topological polar surface area (TPSA) is 48.3 Å². The Hall–Kier alpha value is -1.64. The van der Waals surface area contributed by atoms with Crippen LogP contribution in [-0.2, 0) is 4.74 Å². The normalized spacial score (nSPS) is 19.9. The highest BCUT2D eigenvalue weighted by Crippen LogP contribution is 2.16. The molecule has 1 aromatic carbocycles. The monoisotopic (exact) mass is 263 g/mol. The zero-order chi connectivity index (χ0) is 13.7. The number of morpholine rings is 1. The van der Waals surface area contributed by atoms with E-state index in [4.69, 9.17) is 10.00 Å². The third-order valence-electron chi connectivity index (χ3n) is 3.29. The standard InChI is InChI=1S/C14H18FN3O/c1-2-18-5-6-19-13(10-18)9-17-14-4-3-12(15)7-11(14)8-16/h3-4,7,13,17H,2,5-6,9-10H2,1H3. The molecule has 4 nitrogen and oxygen atoms in total. The van der Waals surface area contributed by atoms with Crippen molar-refractivity contribution in [2.24, 2.45) is 0 Å². The Labute approximate surface area is 112 Å². The molecule has 0 aliphatic carbocycles. The van der Waals surface area contributed by atoms with Gasteiger partial charge in [-0.25, -0.2) is 4.39 Å². The van der Waals surface area contributed by atoms with Gasteiger partial charge in [0, 0.05) is 19.6 Å². The van der Waals surface area contributed by atoms with Gasteiger partial charge >= 0.3 is 0 Å². The molecule has 1 atom stereocenters. The first-order valence-electron chi connectivity index (χ1n) is 6.50. The highest BCUT2D eigenvalue weighted by molar-refractivity contribution is 5.57. The van der Waals surface area contributed by atoms with Gasteiger partial charge in [0.1, 0.15) is 11.9 Å². The molecule has 1 N–H and O–H groups in total. The van der Waals surface area contributed by atoms with Crippen LogP contribution in [0.1, 0.15) is 12.5 Å². The second-order valence-electron chi connectivity index (χ2n) is 4.57. The number of hydrogen-bond acceptors (Lipinski definition) is 4. The van der Waals surface area contributed by atoms with Crippen LogP contribution < -0.4 is 5.32 Å². The summed E-state index contributed by atoms with van der Waals surface area (Å²) in [6.07, 6.45) is 0.102. The number of anilines is 1.